The number of rotatable bonds is 8. The van der Waals surface area contributed by atoms with E-state index in [9.17, 15) is 9.18 Å². The fourth-order valence-electron chi connectivity index (χ4n) is 4.13. The summed E-state index contributed by atoms with van der Waals surface area (Å²) in [5.41, 5.74) is 2.88. The van der Waals surface area contributed by atoms with Crippen LogP contribution in [0.5, 0.6) is 0 Å². The number of fused-ring (bicyclic) bond motifs is 1. The number of hydrogen-bond donors (Lipinski definition) is 3. The number of nitrogens with one attached hydrogen (secondary N) is 3. The van der Waals surface area contributed by atoms with Crippen molar-refractivity contribution in [1.82, 2.24) is 20.2 Å². The van der Waals surface area contributed by atoms with Gasteiger partial charge in [-0.25, -0.2) is 9.37 Å². The molecule has 0 bridgehead atoms. The molecule has 1 atom stereocenters. The maximum Gasteiger partial charge on any atom is 0.239 e. The third-order valence-corrected chi connectivity index (χ3v) is 5.96. The van der Waals surface area contributed by atoms with E-state index < -0.39 is 0 Å². The lowest BCUT2D eigenvalue weighted by Gasteiger charge is -2.29. The molecule has 1 aliphatic rings. The lowest BCUT2D eigenvalue weighted by molar-refractivity contribution is -0.115. The molecule has 2 aromatic rings. The molecule has 6 nitrogen and oxygen atoms in total. The summed E-state index contributed by atoms with van der Waals surface area (Å²) in [7, 11) is 0. The van der Waals surface area contributed by atoms with Crippen LogP contribution in [0.4, 0.5) is 10.2 Å². The van der Waals surface area contributed by atoms with Gasteiger partial charge >= 0.3 is 0 Å². The zero-order valence-electron chi connectivity index (χ0n) is 20.3. The van der Waals surface area contributed by atoms with Crippen LogP contribution in [0.3, 0.4) is 0 Å². The minimum atomic E-state index is -0.169. The van der Waals surface area contributed by atoms with Gasteiger partial charge in [-0.05, 0) is 68.2 Å². The third kappa shape index (κ3) is 6.62. The molecule has 0 fully saturated rings. The van der Waals surface area contributed by atoms with Crippen molar-refractivity contribution < 1.29 is 9.18 Å². The molecule has 1 aliphatic carbocycles. The van der Waals surface area contributed by atoms with Crippen molar-refractivity contribution in [1.29, 1.82) is 0 Å². The molecular weight excluding hydrogens is 405 g/mol. The second-order valence-corrected chi connectivity index (χ2v) is 10.9. The highest BCUT2D eigenvalue weighted by Crippen LogP contribution is 2.25. The molecule has 1 aromatic carbocycles. The Labute approximate surface area is 191 Å². The first-order valence-electron chi connectivity index (χ1n) is 11.5. The van der Waals surface area contributed by atoms with Crippen molar-refractivity contribution in [2.75, 3.05) is 25.0 Å². The second-order valence-electron chi connectivity index (χ2n) is 10.9. The van der Waals surface area contributed by atoms with Gasteiger partial charge in [0.2, 0.25) is 5.91 Å². The molecule has 32 heavy (non-hydrogen) atoms. The molecule has 3 rings (SSSR count). The number of anilines is 1. The Kier molecular flexibility index (Phi) is 7.40. The fraction of sp³-hybridized carbons (Fsp3) is 0.600. The number of aromatic nitrogens is 2. The molecule has 7 heteroatoms. The summed E-state index contributed by atoms with van der Waals surface area (Å²) < 4.78 is 16.3. The summed E-state index contributed by atoms with van der Waals surface area (Å²) in [4.78, 5) is 16.8. The molecule has 0 aliphatic heterocycles. The molecule has 1 heterocycles. The van der Waals surface area contributed by atoms with E-state index >= 15 is 0 Å². The second kappa shape index (κ2) is 9.71. The van der Waals surface area contributed by atoms with E-state index in [1.54, 1.807) is 12.4 Å². The van der Waals surface area contributed by atoms with Crippen molar-refractivity contribution in [2.45, 2.75) is 72.4 Å². The molecule has 176 valence electrons. The lowest BCUT2D eigenvalue weighted by Crippen LogP contribution is -2.40. The molecule has 1 aromatic heterocycles. The quantitative estimate of drug-likeness (QED) is 0.581. The summed E-state index contributed by atoms with van der Waals surface area (Å²) >= 11 is 0. The number of imidazole rings is 1. The van der Waals surface area contributed by atoms with Gasteiger partial charge in [0.1, 0.15) is 5.82 Å². The molecule has 0 unspecified atom stereocenters. The van der Waals surface area contributed by atoms with Crippen molar-refractivity contribution >= 4 is 11.7 Å². The predicted octanol–water partition coefficient (Wildman–Crippen LogP) is 3.79. The van der Waals surface area contributed by atoms with Gasteiger partial charge in [0.05, 0.1) is 18.4 Å². The number of benzene rings is 1. The topological polar surface area (TPSA) is 71.0 Å². The van der Waals surface area contributed by atoms with Crippen LogP contribution in [0.25, 0.3) is 0 Å². The number of hydrogen-bond acceptors (Lipinski definition) is 4. The summed E-state index contributed by atoms with van der Waals surface area (Å²) in [5, 5.41) is 9.66. The monoisotopic (exact) mass is 443 g/mol. The Hall–Kier alpha value is -2.25. The minimum absolute atomic E-state index is 0.0934. The van der Waals surface area contributed by atoms with Crippen molar-refractivity contribution in [3.8, 4) is 0 Å². The van der Waals surface area contributed by atoms with Gasteiger partial charge in [0.25, 0.3) is 0 Å². The maximum absolute atomic E-state index is 14.3. The van der Waals surface area contributed by atoms with E-state index in [-0.39, 0.29) is 35.3 Å². The Morgan fingerprint density at radius 2 is 1.97 bits per heavy atom. The Morgan fingerprint density at radius 1 is 1.22 bits per heavy atom. The van der Waals surface area contributed by atoms with Gasteiger partial charge in [0, 0.05) is 25.3 Å². The van der Waals surface area contributed by atoms with Crippen LogP contribution in [0, 0.1) is 18.2 Å². The normalized spacial score (nSPS) is 16.7. The molecule has 0 radical (unpaired) electrons. The Bertz CT molecular complexity index is 944. The number of amides is 1. The van der Waals surface area contributed by atoms with E-state index in [2.05, 4.69) is 61.6 Å². The van der Waals surface area contributed by atoms with Crippen LogP contribution in [0.15, 0.2) is 24.7 Å². The summed E-state index contributed by atoms with van der Waals surface area (Å²) in [6.45, 7) is 14.7. The fourth-order valence-corrected chi connectivity index (χ4v) is 4.13. The van der Waals surface area contributed by atoms with Crippen molar-refractivity contribution in [3.05, 3.63) is 47.2 Å². The van der Waals surface area contributed by atoms with Crippen molar-refractivity contribution in [3.63, 3.8) is 0 Å². The van der Waals surface area contributed by atoms with E-state index in [1.807, 2.05) is 17.7 Å². The zero-order chi connectivity index (χ0) is 23.5. The molecule has 0 saturated heterocycles. The van der Waals surface area contributed by atoms with Crippen LogP contribution in [0.2, 0.25) is 0 Å². The van der Waals surface area contributed by atoms with Gasteiger partial charge in [-0.15, -0.1) is 0 Å². The molecule has 0 saturated carbocycles. The van der Waals surface area contributed by atoms with Gasteiger partial charge < -0.3 is 20.5 Å². The zero-order valence-corrected chi connectivity index (χ0v) is 20.3. The summed E-state index contributed by atoms with van der Waals surface area (Å²) in [6.07, 6.45) is 5.96. The standard InChI is InChI=1S/C25H38FN5O/c1-17-9-18-7-8-19(11-20(18)21(26)10-17)28-12-23(32)30-22-13-31(16-29-22)25(5,6)15-27-14-24(2,3)4/h9-10,13,16,19,27-28H,7-8,11-12,14-15H2,1-6H3,(H,30,32)/t19-/m0/s1. The lowest BCUT2D eigenvalue weighted by atomic mass is 9.87. The highest BCUT2D eigenvalue weighted by atomic mass is 19.1. The first-order valence-corrected chi connectivity index (χ1v) is 11.5. The molecule has 3 N–H and O–H groups in total. The van der Waals surface area contributed by atoms with Gasteiger partial charge in [0.15, 0.2) is 5.82 Å². The van der Waals surface area contributed by atoms with Crippen LogP contribution in [-0.2, 0) is 23.2 Å². The first-order chi connectivity index (χ1) is 14.9. The van der Waals surface area contributed by atoms with E-state index in [0.717, 1.165) is 42.6 Å². The molecular formula is C25H38FN5O. The Balaban J connectivity index is 1.48. The van der Waals surface area contributed by atoms with E-state index in [0.29, 0.717) is 12.2 Å². The number of nitrogens with zero attached hydrogens (tertiary/aromatic N) is 2. The molecule has 1 amide bonds. The summed E-state index contributed by atoms with van der Waals surface area (Å²) in [5.74, 6) is 0.256. The maximum atomic E-state index is 14.3. The van der Waals surface area contributed by atoms with Crippen LogP contribution < -0.4 is 16.0 Å². The molecule has 0 spiro atoms. The smallest absolute Gasteiger partial charge is 0.239 e. The van der Waals surface area contributed by atoms with Gasteiger partial charge in [-0.3, -0.25) is 4.79 Å². The minimum Gasteiger partial charge on any atom is -0.328 e. The highest BCUT2D eigenvalue weighted by Gasteiger charge is 2.23. The number of carbonyl (C=O) groups is 1. The van der Waals surface area contributed by atoms with Gasteiger partial charge in [-0.2, -0.15) is 0 Å². The number of aryl methyl sites for hydroxylation is 2. The SMILES string of the molecule is Cc1cc(F)c2c(c1)CC[C@H](NCC(=O)Nc1cn(C(C)(C)CNCC(C)(C)C)cn1)C2. The average molecular weight is 444 g/mol. The summed E-state index contributed by atoms with van der Waals surface area (Å²) in [6, 6.07) is 3.75. The van der Waals surface area contributed by atoms with Crippen LogP contribution in [0.1, 0.15) is 57.7 Å². The van der Waals surface area contributed by atoms with Crippen LogP contribution >= 0.6 is 0 Å². The number of carbonyl (C=O) groups excluding carboxylic acids is 1. The number of halogens is 1. The predicted molar refractivity (Wildman–Crippen MR) is 127 cm³/mol. The van der Waals surface area contributed by atoms with E-state index in [1.165, 1.54) is 0 Å². The Morgan fingerprint density at radius 3 is 2.69 bits per heavy atom. The third-order valence-electron chi connectivity index (χ3n) is 5.96. The largest absolute Gasteiger partial charge is 0.328 e. The highest BCUT2D eigenvalue weighted by molar-refractivity contribution is 5.91. The first kappa shape index (κ1) is 24.4. The van der Waals surface area contributed by atoms with E-state index in [4.69, 9.17) is 0 Å². The van der Waals surface area contributed by atoms with Gasteiger partial charge in [-0.1, -0.05) is 26.8 Å². The van der Waals surface area contributed by atoms with Crippen LogP contribution in [-0.4, -0.2) is 41.1 Å². The average Bonchev–Trinajstić information content (AvgIpc) is 3.14. The van der Waals surface area contributed by atoms with Crippen molar-refractivity contribution in [2.24, 2.45) is 5.41 Å².